The van der Waals surface area contributed by atoms with Crippen LogP contribution >= 0.6 is 0 Å². The minimum Gasteiger partial charge on any atom is -0.264 e. The average Bonchev–Trinajstić information content (AvgIpc) is 2.90. The van der Waals surface area contributed by atoms with Crippen molar-refractivity contribution in [1.29, 1.82) is 0 Å². The molecule has 0 aromatic rings. The Morgan fingerprint density at radius 2 is 0.769 bits per heavy atom. The van der Waals surface area contributed by atoms with Crippen molar-refractivity contribution < 1.29 is 17.2 Å². The van der Waals surface area contributed by atoms with E-state index < -0.39 is 10.4 Å². The lowest BCUT2D eigenvalue weighted by molar-refractivity contribution is 0.157. The van der Waals surface area contributed by atoms with E-state index in [9.17, 15) is 13.0 Å². The summed E-state index contributed by atoms with van der Waals surface area (Å²) in [6.45, 7) is 4.53. The van der Waals surface area contributed by atoms with Gasteiger partial charge in [0.2, 0.25) is 0 Å². The van der Waals surface area contributed by atoms with Crippen LogP contribution in [0.3, 0.4) is 0 Å². The molecule has 0 saturated heterocycles. The minimum absolute atomic E-state index is 0.371. The predicted molar refractivity (Wildman–Crippen MR) is 171 cm³/mol. The molecule has 4 nitrogen and oxygen atoms in total. The zero-order valence-corrected chi connectivity index (χ0v) is 27.1. The maximum atomic E-state index is 11.3. The second-order valence-electron chi connectivity index (χ2n) is 11.9. The summed E-state index contributed by atoms with van der Waals surface area (Å²) >= 11 is 0. The van der Waals surface area contributed by atoms with Gasteiger partial charge in [-0.2, -0.15) is 8.42 Å². The van der Waals surface area contributed by atoms with Crippen LogP contribution in [-0.2, 0) is 14.6 Å². The van der Waals surface area contributed by atoms with E-state index in [1.54, 1.807) is 0 Å². The first-order chi connectivity index (χ1) is 19.0. The van der Waals surface area contributed by atoms with Gasteiger partial charge < -0.3 is 0 Å². The molecule has 0 saturated carbocycles. The minimum atomic E-state index is -4.37. The zero-order valence-electron chi connectivity index (χ0n) is 26.3. The molecule has 1 N–H and O–H groups in total. The molecule has 1 unspecified atom stereocenters. The van der Waals surface area contributed by atoms with Gasteiger partial charge in [-0.1, -0.05) is 174 Å². The van der Waals surface area contributed by atoms with Crippen LogP contribution in [0.15, 0.2) is 12.2 Å². The molecule has 0 radical (unpaired) electrons. The van der Waals surface area contributed by atoms with Gasteiger partial charge in [-0.05, 0) is 38.5 Å². The molecule has 1 atom stereocenters. The van der Waals surface area contributed by atoms with Crippen molar-refractivity contribution in [2.45, 2.75) is 206 Å². The van der Waals surface area contributed by atoms with Gasteiger partial charge in [-0.15, -0.1) is 0 Å². The van der Waals surface area contributed by atoms with Crippen molar-refractivity contribution in [3.05, 3.63) is 12.2 Å². The Morgan fingerprint density at radius 3 is 1.08 bits per heavy atom. The molecule has 0 aromatic heterocycles. The molecule has 0 heterocycles. The van der Waals surface area contributed by atoms with Gasteiger partial charge in [-0.3, -0.25) is 4.55 Å². The first-order valence-electron chi connectivity index (χ1n) is 17.3. The molecule has 0 bridgehead atoms. The maximum absolute atomic E-state index is 11.3. The van der Waals surface area contributed by atoms with Crippen LogP contribution in [0, 0.1) is 0 Å². The molecule has 5 heteroatoms. The van der Waals surface area contributed by atoms with Crippen molar-refractivity contribution in [3.8, 4) is 0 Å². The molecule has 0 amide bonds. The first-order valence-corrected chi connectivity index (χ1v) is 18.7. The van der Waals surface area contributed by atoms with Crippen LogP contribution in [0.4, 0.5) is 0 Å². The molecule has 234 valence electrons. The molecular weight excluding hydrogens is 504 g/mol. The first kappa shape index (κ1) is 38.6. The van der Waals surface area contributed by atoms with Crippen molar-refractivity contribution in [1.82, 2.24) is 0 Å². The average molecular weight is 573 g/mol. The normalized spacial score (nSPS) is 13.0. The van der Waals surface area contributed by atoms with Gasteiger partial charge in [0.05, 0.1) is 6.10 Å². The summed E-state index contributed by atoms with van der Waals surface area (Å²) in [5, 5.41) is 0. The van der Waals surface area contributed by atoms with E-state index in [1.165, 1.54) is 148 Å². The lowest BCUT2D eigenvalue weighted by Gasteiger charge is -2.15. The van der Waals surface area contributed by atoms with Crippen molar-refractivity contribution in [3.63, 3.8) is 0 Å². The standard InChI is InChI=1S/C34H68O4S/c1-3-5-7-9-11-13-15-17-18-19-21-23-25-27-29-31-33-34(38-39(35,36)37)32-30-28-26-24-22-20-16-14-12-10-8-6-4-2/h17-18,34H,3-16,19-33H2,1-2H3,(H,35,36,37). The quantitative estimate of drug-likeness (QED) is 0.0494. The largest absolute Gasteiger partial charge is 0.397 e. The highest BCUT2D eigenvalue weighted by Gasteiger charge is 2.16. The second kappa shape index (κ2) is 30.6. The van der Waals surface area contributed by atoms with Crippen LogP contribution < -0.4 is 0 Å². The Labute approximate surface area is 245 Å². The van der Waals surface area contributed by atoms with Gasteiger partial charge in [0, 0.05) is 0 Å². The number of unbranched alkanes of at least 4 members (excludes halogenated alkanes) is 24. The van der Waals surface area contributed by atoms with Crippen LogP contribution in [0.1, 0.15) is 200 Å². The van der Waals surface area contributed by atoms with Crippen LogP contribution in [0.2, 0.25) is 0 Å². The number of hydrogen-bond acceptors (Lipinski definition) is 3. The fourth-order valence-corrected chi connectivity index (χ4v) is 5.96. The molecular formula is C34H68O4S. The molecule has 0 aliphatic heterocycles. The lowest BCUT2D eigenvalue weighted by Crippen LogP contribution is -2.18. The lowest BCUT2D eigenvalue weighted by atomic mass is 10.0. The molecule has 0 spiro atoms. The maximum Gasteiger partial charge on any atom is 0.397 e. The summed E-state index contributed by atoms with van der Waals surface area (Å²) in [5.41, 5.74) is 0. The Morgan fingerprint density at radius 1 is 0.487 bits per heavy atom. The molecule has 0 rings (SSSR count). The third-order valence-electron chi connectivity index (χ3n) is 7.93. The number of rotatable bonds is 32. The fraction of sp³-hybridized carbons (Fsp3) is 0.941. The number of allylic oxidation sites excluding steroid dienone is 2. The van der Waals surface area contributed by atoms with Gasteiger partial charge >= 0.3 is 10.4 Å². The summed E-state index contributed by atoms with van der Waals surface area (Å²) in [6, 6.07) is 0. The van der Waals surface area contributed by atoms with E-state index in [1.807, 2.05) is 0 Å². The Balaban J connectivity index is 3.66. The highest BCUT2D eigenvalue weighted by atomic mass is 32.3. The van der Waals surface area contributed by atoms with Crippen molar-refractivity contribution in [2.24, 2.45) is 0 Å². The molecule has 0 aliphatic rings. The van der Waals surface area contributed by atoms with E-state index in [0.29, 0.717) is 0 Å². The van der Waals surface area contributed by atoms with Gasteiger partial charge in [-0.25, -0.2) is 4.18 Å². The summed E-state index contributed by atoms with van der Waals surface area (Å²) in [6.07, 6.45) is 40.4. The van der Waals surface area contributed by atoms with Gasteiger partial charge in [0.1, 0.15) is 0 Å². The molecule has 0 aliphatic carbocycles. The van der Waals surface area contributed by atoms with Crippen molar-refractivity contribution >= 4 is 10.4 Å². The van der Waals surface area contributed by atoms with Crippen LogP contribution in [0.5, 0.6) is 0 Å². The zero-order chi connectivity index (χ0) is 28.7. The van der Waals surface area contributed by atoms with Gasteiger partial charge in [0.15, 0.2) is 0 Å². The second-order valence-corrected chi connectivity index (χ2v) is 13.0. The summed E-state index contributed by atoms with van der Waals surface area (Å²) in [4.78, 5) is 0. The van der Waals surface area contributed by atoms with Gasteiger partial charge in [0.25, 0.3) is 0 Å². The fourth-order valence-electron chi connectivity index (χ4n) is 5.42. The van der Waals surface area contributed by atoms with E-state index in [-0.39, 0.29) is 6.10 Å². The highest BCUT2D eigenvalue weighted by Crippen LogP contribution is 2.19. The van der Waals surface area contributed by atoms with Crippen molar-refractivity contribution in [2.75, 3.05) is 0 Å². The number of hydrogen-bond donors (Lipinski definition) is 1. The molecule has 39 heavy (non-hydrogen) atoms. The third-order valence-corrected chi connectivity index (χ3v) is 8.44. The molecule has 0 fully saturated rings. The van der Waals surface area contributed by atoms with Crippen LogP contribution in [0.25, 0.3) is 0 Å². The van der Waals surface area contributed by atoms with E-state index in [0.717, 1.165) is 38.5 Å². The summed E-state index contributed by atoms with van der Waals surface area (Å²) < 4.78 is 36.7. The van der Waals surface area contributed by atoms with E-state index in [2.05, 4.69) is 26.0 Å². The van der Waals surface area contributed by atoms with Crippen LogP contribution in [-0.4, -0.2) is 19.1 Å². The topological polar surface area (TPSA) is 63.6 Å². The van der Waals surface area contributed by atoms with E-state index >= 15 is 0 Å². The Bertz CT molecular complexity index is 602. The third kappa shape index (κ3) is 33.7. The molecule has 0 aromatic carbocycles. The SMILES string of the molecule is CCCCCCCCC=CCCCCCCCCC(CCCCCCCCCCCCCCC)OS(=O)(=O)O. The van der Waals surface area contributed by atoms with E-state index in [4.69, 9.17) is 4.18 Å². The summed E-state index contributed by atoms with van der Waals surface area (Å²) in [5.74, 6) is 0. The highest BCUT2D eigenvalue weighted by molar-refractivity contribution is 7.80. The Hall–Kier alpha value is -0.390. The Kier molecular flexibility index (Phi) is 30.3. The summed E-state index contributed by atoms with van der Waals surface area (Å²) in [7, 11) is -4.37. The predicted octanol–water partition coefficient (Wildman–Crippen LogP) is 12.1. The smallest absolute Gasteiger partial charge is 0.264 e. The monoisotopic (exact) mass is 572 g/mol.